The third-order valence-corrected chi connectivity index (χ3v) is 5.12. The minimum Gasteiger partial charge on any atom is -0.338 e. The second-order valence-corrected chi connectivity index (χ2v) is 6.57. The van der Waals surface area contributed by atoms with Gasteiger partial charge in [-0.05, 0) is 55.7 Å². The maximum atomic E-state index is 12.9. The molecule has 0 bridgehead atoms. The minimum atomic E-state index is -0.223. The minimum absolute atomic E-state index is 0.0768. The van der Waals surface area contributed by atoms with Gasteiger partial charge in [0.15, 0.2) is 0 Å². The summed E-state index contributed by atoms with van der Waals surface area (Å²) in [5.74, 6) is 0.868. The van der Waals surface area contributed by atoms with Crippen LogP contribution in [0.5, 0.6) is 0 Å². The Kier molecular flexibility index (Phi) is 3.53. The van der Waals surface area contributed by atoms with Crippen molar-refractivity contribution in [1.29, 1.82) is 0 Å². The molecule has 3 rings (SSSR count). The van der Waals surface area contributed by atoms with Crippen molar-refractivity contribution in [3.05, 3.63) is 35.6 Å². The lowest BCUT2D eigenvalue weighted by atomic mass is 9.70. The van der Waals surface area contributed by atoms with Crippen molar-refractivity contribution < 1.29 is 9.18 Å². The van der Waals surface area contributed by atoms with Crippen LogP contribution in [0.1, 0.15) is 44.6 Å². The van der Waals surface area contributed by atoms with E-state index in [1.807, 2.05) is 4.90 Å². The number of likely N-dealkylation sites (tertiary alicyclic amines) is 1. The van der Waals surface area contributed by atoms with E-state index in [0.29, 0.717) is 12.5 Å². The largest absolute Gasteiger partial charge is 0.338 e. The number of hydrogen-bond acceptors (Lipinski definition) is 1. The van der Waals surface area contributed by atoms with Gasteiger partial charge in [-0.3, -0.25) is 4.79 Å². The Balaban J connectivity index is 1.68. The molecular weight excluding hydrogens is 253 g/mol. The van der Waals surface area contributed by atoms with Gasteiger partial charge in [-0.2, -0.15) is 0 Å². The summed E-state index contributed by atoms with van der Waals surface area (Å²) < 4.78 is 12.9. The van der Waals surface area contributed by atoms with Crippen LogP contribution >= 0.6 is 0 Å². The van der Waals surface area contributed by atoms with E-state index in [4.69, 9.17) is 0 Å². The average molecular weight is 275 g/mol. The van der Waals surface area contributed by atoms with E-state index >= 15 is 0 Å². The summed E-state index contributed by atoms with van der Waals surface area (Å²) in [5, 5.41) is 0. The molecule has 1 aromatic rings. The SMILES string of the molecule is C[C@H]1CC[C@@]2(CCN(Cc3ccc(F)cc3)C2=O)CC1. The number of halogens is 1. The molecule has 0 atom stereocenters. The lowest BCUT2D eigenvalue weighted by Crippen LogP contribution is -2.36. The van der Waals surface area contributed by atoms with Crippen molar-refractivity contribution >= 4 is 5.91 Å². The first-order chi connectivity index (χ1) is 9.59. The van der Waals surface area contributed by atoms with Crippen molar-refractivity contribution in [1.82, 2.24) is 4.90 Å². The second-order valence-electron chi connectivity index (χ2n) is 6.57. The lowest BCUT2D eigenvalue weighted by molar-refractivity contribution is -0.138. The summed E-state index contributed by atoms with van der Waals surface area (Å²) in [6, 6.07) is 6.48. The second kappa shape index (κ2) is 5.19. The first-order valence-electron chi connectivity index (χ1n) is 7.63. The molecule has 1 heterocycles. The zero-order chi connectivity index (χ0) is 14.2. The van der Waals surface area contributed by atoms with Gasteiger partial charge in [0.1, 0.15) is 5.82 Å². The highest BCUT2D eigenvalue weighted by Crippen LogP contribution is 2.46. The van der Waals surface area contributed by atoms with E-state index in [0.717, 1.165) is 37.3 Å². The molecule has 0 N–H and O–H groups in total. The molecule has 1 saturated carbocycles. The van der Waals surface area contributed by atoms with Crippen molar-refractivity contribution in [3.63, 3.8) is 0 Å². The molecule has 1 aliphatic carbocycles. The summed E-state index contributed by atoms with van der Waals surface area (Å²) in [4.78, 5) is 14.7. The Labute approximate surface area is 120 Å². The Morgan fingerprint density at radius 2 is 1.85 bits per heavy atom. The molecule has 0 aromatic heterocycles. The highest BCUT2D eigenvalue weighted by atomic mass is 19.1. The molecule has 108 valence electrons. The van der Waals surface area contributed by atoms with E-state index in [1.54, 1.807) is 12.1 Å². The molecule has 3 heteroatoms. The molecule has 0 radical (unpaired) electrons. The molecule has 2 aliphatic rings. The van der Waals surface area contributed by atoms with Crippen molar-refractivity contribution in [2.75, 3.05) is 6.54 Å². The molecule has 0 unspecified atom stereocenters. The lowest BCUT2D eigenvalue weighted by Gasteiger charge is -2.34. The number of rotatable bonds is 2. The Morgan fingerprint density at radius 1 is 1.20 bits per heavy atom. The number of benzene rings is 1. The number of carbonyl (C=O) groups is 1. The van der Waals surface area contributed by atoms with E-state index in [2.05, 4.69) is 6.92 Å². The van der Waals surface area contributed by atoms with Crippen LogP contribution in [0, 0.1) is 17.2 Å². The molecule has 1 aliphatic heterocycles. The van der Waals surface area contributed by atoms with Crippen LogP contribution in [0.4, 0.5) is 4.39 Å². The molecular formula is C17H22FNO. The van der Waals surface area contributed by atoms with Crippen molar-refractivity contribution in [2.45, 2.75) is 45.6 Å². The van der Waals surface area contributed by atoms with Gasteiger partial charge in [0.05, 0.1) is 5.41 Å². The van der Waals surface area contributed by atoms with Gasteiger partial charge >= 0.3 is 0 Å². The van der Waals surface area contributed by atoms with E-state index in [1.165, 1.54) is 25.0 Å². The summed E-state index contributed by atoms with van der Waals surface area (Å²) in [5.41, 5.74) is 0.938. The molecule has 20 heavy (non-hydrogen) atoms. The monoisotopic (exact) mass is 275 g/mol. The predicted molar refractivity (Wildman–Crippen MR) is 76.5 cm³/mol. The predicted octanol–water partition coefficient (Wildman–Crippen LogP) is 3.75. The standard InChI is InChI=1S/C17H22FNO/c1-13-6-8-17(9-7-13)10-11-19(16(17)20)12-14-2-4-15(18)5-3-14/h2-5,13H,6-12H2,1H3/t13-,17-. The van der Waals surface area contributed by atoms with Crippen LogP contribution in [-0.2, 0) is 11.3 Å². The fourth-order valence-electron chi connectivity index (χ4n) is 3.63. The average Bonchev–Trinajstić information content (AvgIpc) is 2.74. The summed E-state index contributed by atoms with van der Waals surface area (Å²) >= 11 is 0. The fourth-order valence-corrected chi connectivity index (χ4v) is 3.63. The van der Waals surface area contributed by atoms with Gasteiger partial charge in [0.25, 0.3) is 0 Å². The summed E-state index contributed by atoms with van der Waals surface area (Å²) in [6.45, 7) is 3.75. The quantitative estimate of drug-likeness (QED) is 0.805. The maximum absolute atomic E-state index is 12.9. The molecule has 1 saturated heterocycles. The Morgan fingerprint density at radius 3 is 2.50 bits per heavy atom. The smallest absolute Gasteiger partial charge is 0.229 e. The molecule has 1 amide bonds. The third kappa shape index (κ3) is 2.46. The maximum Gasteiger partial charge on any atom is 0.229 e. The third-order valence-electron chi connectivity index (χ3n) is 5.12. The fraction of sp³-hybridized carbons (Fsp3) is 0.588. The molecule has 2 nitrogen and oxygen atoms in total. The zero-order valence-corrected chi connectivity index (χ0v) is 12.1. The molecule has 1 spiro atoms. The highest BCUT2D eigenvalue weighted by Gasteiger charge is 2.47. The van der Waals surface area contributed by atoms with Gasteiger partial charge in [-0.15, -0.1) is 0 Å². The Bertz CT molecular complexity index is 488. The van der Waals surface area contributed by atoms with E-state index in [9.17, 15) is 9.18 Å². The van der Waals surface area contributed by atoms with Crippen LogP contribution in [0.2, 0.25) is 0 Å². The zero-order valence-electron chi connectivity index (χ0n) is 12.1. The van der Waals surface area contributed by atoms with Crippen molar-refractivity contribution in [2.24, 2.45) is 11.3 Å². The van der Waals surface area contributed by atoms with Gasteiger partial charge < -0.3 is 4.90 Å². The normalized spacial score (nSPS) is 30.2. The van der Waals surface area contributed by atoms with Gasteiger partial charge in [-0.25, -0.2) is 4.39 Å². The van der Waals surface area contributed by atoms with Crippen LogP contribution in [0.25, 0.3) is 0 Å². The van der Waals surface area contributed by atoms with Crippen molar-refractivity contribution in [3.8, 4) is 0 Å². The highest BCUT2D eigenvalue weighted by molar-refractivity contribution is 5.84. The number of nitrogens with zero attached hydrogens (tertiary/aromatic N) is 1. The number of carbonyl (C=O) groups excluding carboxylic acids is 1. The summed E-state index contributed by atoms with van der Waals surface area (Å²) in [6.07, 6.45) is 5.45. The van der Waals surface area contributed by atoms with Gasteiger partial charge in [0.2, 0.25) is 5.91 Å². The molecule has 1 aromatic carbocycles. The van der Waals surface area contributed by atoms with Crippen LogP contribution in [0.3, 0.4) is 0 Å². The van der Waals surface area contributed by atoms with Crippen LogP contribution < -0.4 is 0 Å². The van der Waals surface area contributed by atoms with E-state index in [-0.39, 0.29) is 11.2 Å². The number of hydrogen-bond donors (Lipinski definition) is 0. The first-order valence-corrected chi connectivity index (χ1v) is 7.63. The molecule has 2 fully saturated rings. The van der Waals surface area contributed by atoms with Crippen LogP contribution in [-0.4, -0.2) is 17.4 Å². The summed E-state index contributed by atoms with van der Waals surface area (Å²) in [7, 11) is 0. The first kappa shape index (κ1) is 13.6. The van der Waals surface area contributed by atoms with Gasteiger partial charge in [-0.1, -0.05) is 19.1 Å². The number of amides is 1. The topological polar surface area (TPSA) is 20.3 Å². The van der Waals surface area contributed by atoms with Gasteiger partial charge in [0, 0.05) is 13.1 Å². The Hall–Kier alpha value is -1.38. The van der Waals surface area contributed by atoms with Crippen LogP contribution in [0.15, 0.2) is 24.3 Å². The van der Waals surface area contributed by atoms with E-state index < -0.39 is 0 Å².